The van der Waals surface area contributed by atoms with Crippen molar-refractivity contribution < 1.29 is 15.6 Å². The summed E-state index contributed by atoms with van der Waals surface area (Å²) in [6.07, 6.45) is 1.77. The van der Waals surface area contributed by atoms with E-state index in [-0.39, 0.29) is 17.1 Å². The second kappa shape index (κ2) is 3.70. The number of oxime groups is 3. The van der Waals surface area contributed by atoms with E-state index < -0.39 is 0 Å². The van der Waals surface area contributed by atoms with E-state index in [1.54, 1.807) is 0 Å². The van der Waals surface area contributed by atoms with Crippen LogP contribution in [0, 0.1) is 0 Å². The minimum absolute atomic E-state index is 0.0613. The van der Waals surface area contributed by atoms with Gasteiger partial charge in [-0.15, -0.1) is 0 Å². The lowest BCUT2D eigenvalue weighted by Crippen LogP contribution is -2.29. The average Bonchev–Trinajstić information content (AvgIpc) is 2.16. The summed E-state index contributed by atoms with van der Waals surface area (Å²) in [6.45, 7) is 0. The Morgan fingerprint density at radius 3 is 1.67 bits per heavy atom. The molecular weight excluding hydrogens is 162 g/mol. The number of hydrogen-bond acceptors (Lipinski definition) is 6. The molecule has 0 aromatic carbocycles. The quantitative estimate of drug-likeness (QED) is 0.369. The molecule has 0 radical (unpaired) electrons. The molecule has 1 rings (SSSR count). The van der Waals surface area contributed by atoms with E-state index in [1.807, 2.05) is 0 Å². The van der Waals surface area contributed by atoms with Crippen LogP contribution < -0.4 is 0 Å². The zero-order valence-corrected chi connectivity index (χ0v) is 6.30. The van der Waals surface area contributed by atoms with E-state index in [0.29, 0.717) is 12.8 Å². The third kappa shape index (κ3) is 1.36. The van der Waals surface area contributed by atoms with Gasteiger partial charge in [0.05, 0.1) is 0 Å². The zero-order valence-electron chi connectivity index (χ0n) is 6.30. The largest absolute Gasteiger partial charge is 0.411 e. The van der Waals surface area contributed by atoms with Crippen LogP contribution in [0.2, 0.25) is 0 Å². The normalized spacial score (nSPS) is 28.5. The number of nitrogens with zero attached hydrogens (tertiary/aromatic N) is 3. The Hall–Kier alpha value is -1.59. The Balaban J connectivity index is 2.97. The molecule has 3 N–H and O–H groups in total. The van der Waals surface area contributed by atoms with Gasteiger partial charge >= 0.3 is 0 Å². The summed E-state index contributed by atoms with van der Waals surface area (Å²) in [5, 5.41) is 34.2. The average molecular weight is 171 g/mol. The van der Waals surface area contributed by atoms with Crippen molar-refractivity contribution in [3.05, 3.63) is 0 Å². The lowest BCUT2D eigenvalue weighted by Gasteiger charge is -2.13. The van der Waals surface area contributed by atoms with Crippen LogP contribution in [-0.2, 0) is 0 Å². The summed E-state index contributed by atoms with van der Waals surface area (Å²) < 4.78 is 0. The highest BCUT2D eigenvalue weighted by molar-refractivity contribution is 6.69. The van der Waals surface area contributed by atoms with Gasteiger partial charge in [0.15, 0.2) is 5.71 Å². The van der Waals surface area contributed by atoms with Gasteiger partial charge in [0.2, 0.25) is 0 Å². The summed E-state index contributed by atoms with van der Waals surface area (Å²) in [4.78, 5) is 0. The van der Waals surface area contributed by atoms with Crippen molar-refractivity contribution in [2.24, 2.45) is 15.5 Å². The summed E-state index contributed by atoms with van der Waals surface area (Å²) in [7, 11) is 0. The first kappa shape index (κ1) is 8.51. The molecule has 0 aromatic heterocycles. The Morgan fingerprint density at radius 2 is 1.33 bits per heavy atom. The molecule has 0 saturated heterocycles. The molecule has 0 spiro atoms. The fourth-order valence-electron chi connectivity index (χ4n) is 1.14. The van der Waals surface area contributed by atoms with Gasteiger partial charge in [-0.1, -0.05) is 15.5 Å². The zero-order chi connectivity index (χ0) is 8.97. The maximum Gasteiger partial charge on any atom is 0.152 e. The summed E-state index contributed by atoms with van der Waals surface area (Å²) >= 11 is 0. The molecular formula is C6H9N3O3. The highest BCUT2D eigenvalue weighted by atomic mass is 16.4. The van der Waals surface area contributed by atoms with Crippen molar-refractivity contribution in [1.82, 2.24) is 0 Å². The molecule has 0 aliphatic heterocycles. The van der Waals surface area contributed by atoms with Crippen LogP contribution >= 0.6 is 0 Å². The SMILES string of the molecule is O/N=C1/CCCC(=N\O)/C1=N\O. The molecule has 6 nitrogen and oxygen atoms in total. The molecule has 12 heavy (non-hydrogen) atoms. The van der Waals surface area contributed by atoms with Gasteiger partial charge in [0.25, 0.3) is 0 Å². The van der Waals surface area contributed by atoms with Crippen LogP contribution in [0.15, 0.2) is 15.5 Å². The topological polar surface area (TPSA) is 97.8 Å². The Kier molecular flexibility index (Phi) is 2.62. The van der Waals surface area contributed by atoms with Crippen molar-refractivity contribution in [2.75, 3.05) is 0 Å². The van der Waals surface area contributed by atoms with Crippen molar-refractivity contribution in [3.8, 4) is 0 Å². The van der Waals surface area contributed by atoms with Crippen LogP contribution in [0.5, 0.6) is 0 Å². The molecule has 66 valence electrons. The minimum atomic E-state index is 0.0613. The van der Waals surface area contributed by atoms with E-state index in [2.05, 4.69) is 15.5 Å². The number of rotatable bonds is 0. The molecule has 1 fully saturated rings. The van der Waals surface area contributed by atoms with Crippen molar-refractivity contribution >= 4 is 17.1 Å². The van der Waals surface area contributed by atoms with Crippen molar-refractivity contribution in [2.45, 2.75) is 19.3 Å². The van der Waals surface area contributed by atoms with Gasteiger partial charge in [0, 0.05) is 0 Å². The van der Waals surface area contributed by atoms with Crippen LogP contribution in [-0.4, -0.2) is 32.8 Å². The highest BCUT2D eigenvalue weighted by Crippen LogP contribution is 2.11. The molecule has 0 atom stereocenters. The van der Waals surface area contributed by atoms with Gasteiger partial charge in [-0.2, -0.15) is 0 Å². The Labute approximate surface area is 68.5 Å². The molecule has 6 heteroatoms. The van der Waals surface area contributed by atoms with Gasteiger partial charge in [0.1, 0.15) is 11.4 Å². The van der Waals surface area contributed by atoms with Gasteiger partial charge < -0.3 is 15.6 Å². The third-order valence-corrected chi connectivity index (χ3v) is 1.72. The van der Waals surface area contributed by atoms with E-state index in [1.165, 1.54) is 0 Å². The molecule has 0 unspecified atom stereocenters. The summed E-state index contributed by atoms with van der Waals surface area (Å²) in [6, 6.07) is 0. The summed E-state index contributed by atoms with van der Waals surface area (Å²) in [5.74, 6) is 0. The first-order chi connectivity index (χ1) is 5.83. The standard InChI is InChI=1S/C6H9N3O3/c10-7-4-2-1-3-5(8-11)6(4)9-12/h10-12H,1-3H2/b7-4-,8-5+,9-6-. The second-order valence-electron chi connectivity index (χ2n) is 2.40. The second-order valence-corrected chi connectivity index (χ2v) is 2.40. The van der Waals surface area contributed by atoms with E-state index in [4.69, 9.17) is 15.6 Å². The van der Waals surface area contributed by atoms with Crippen LogP contribution in [0.4, 0.5) is 0 Å². The first-order valence-electron chi connectivity index (χ1n) is 3.48. The predicted octanol–water partition coefficient (Wildman–Crippen LogP) is 0.661. The maximum atomic E-state index is 8.50. The van der Waals surface area contributed by atoms with E-state index in [9.17, 15) is 0 Å². The smallest absolute Gasteiger partial charge is 0.152 e. The highest BCUT2D eigenvalue weighted by Gasteiger charge is 2.23. The number of hydrogen-bond donors (Lipinski definition) is 3. The maximum absolute atomic E-state index is 8.50. The minimum Gasteiger partial charge on any atom is -0.411 e. The monoisotopic (exact) mass is 171 g/mol. The van der Waals surface area contributed by atoms with Crippen molar-refractivity contribution in [3.63, 3.8) is 0 Å². The lowest BCUT2D eigenvalue weighted by molar-refractivity contribution is 0.309. The molecule has 0 aromatic rings. The molecule has 0 heterocycles. The Morgan fingerprint density at radius 1 is 0.833 bits per heavy atom. The van der Waals surface area contributed by atoms with E-state index >= 15 is 0 Å². The van der Waals surface area contributed by atoms with Crippen molar-refractivity contribution in [1.29, 1.82) is 0 Å². The van der Waals surface area contributed by atoms with Crippen LogP contribution in [0.3, 0.4) is 0 Å². The van der Waals surface area contributed by atoms with Crippen LogP contribution in [0.25, 0.3) is 0 Å². The molecule has 1 saturated carbocycles. The fourth-order valence-corrected chi connectivity index (χ4v) is 1.14. The molecule has 1 aliphatic carbocycles. The van der Waals surface area contributed by atoms with Gasteiger partial charge in [-0.25, -0.2) is 0 Å². The van der Waals surface area contributed by atoms with E-state index in [0.717, 1.165) is 6.42 Å². The lowest BCUT2D eigenvalue weighted by atomic mass is 9.94. The van der Waals surface area contributed by atoms with Gasteiger partial charge in [-0.05, 0) is 19.3 Å². The van der Waals surface area contributed by atoms with Gasteiger partial charge in [-0.3, -0.25) is 0 Å². The Bertz CT molecular complexity index is 235. The summed E-state index contributed by atoms with van der Waals surface area (Å²) in [5.41, 5.74) is 0.555. The fraction of sp³-hybridized carbons (Fsp3) is 0.500. The molecule has 0 amide bonds. The first-order valence-corrected chi connectivity index (χ1v) is 3.48. The molecule has 0 bridgehead atoms. The molecule has 1 aliphatic rings. The third-order valence-electron chi connectivity index (χ3n) is 1.72. The van der Waals surface area contributed by atoms with Crippen LogP contribution in [0.1, 0.15) is 19.3 Å². The predicted molar refractivity (Wildman–Crippen MR) is 41.5 cm³/mol.